The number of nitrogens with zero attached hydrogens (tertiary/aromatic N) is 2. The maximum Gasteiger partial charge on any atom is 0.276 e. The van der Waals surface area contributed by atoms with E-state index in [0.717, 1.165) is 5.56 Å². The van der Waals surface area contributed by atoms with Crippen LogP contribution in [-0.2, 0) is 23.1 Å². The van der Waals surface area contributed by atoms with Crippen molar-refractivity contribution in [2.24, 2.45) is 7.05 Å². The summed E-state index contributed by atoms with van der Waals surface area (Å²) in [4.78, 5) is 36.2. The van der Waals surface area contributed by atoms with Crippen LogP contribution in [-0.4, -0.2) is 28.2 Å². The lowest BCUT2D eigenvalue weighted by Gasteiger charge is -2.11. The molecule has 1 heterocycles. The van der Waals surface area contributed by atoms with E-state index >= 15 is 0 Å². The first kappa shape index (κ1) is 19.1. The van der Waals surface area contributed by atoms with Crippen LogP contribution in [0.25, 0.3) is 10.8 Å². The van der Waals surface area contributed by atoms with E-state index in [4.69, 9.17) is 4.74 Å². The van der Waals surface area contributed by atoms with Gasteiger partial charge in [-0.05, 0) is 24.6 Å². The van der Waals surface area contributed by atoms with Gasteiger partial charge in [-0.1, -0.05) is 36.4 Å². The van der Waals surface area contributed by atoms with Gasteiger partial charge in [-0.2, -0.15) is 5.10 Å². The molecule has 3 aromatic rings. The van der Waals surface area contributed by atoms with Crippen molar-refractivity contribution in [1.29, 1.82) is 0 Å². The van der Waals surface area contributed by atoms with E-state index in [2.05, 4.69) is 16.0 Å². The minimum atomic E-state index is -0.491. The molecule has 0 saturated heterocycles. The summed E-state index contributed by atoms with van der Waals surface area (Å²) in [6.45, 7) is 1.64. The second-order valence-electron chi connectivity index (χ2n) is 6.25. The van der Waals surface area contributed by atoms with E-state index < -0.39 is 11.8 Å². The smallest absolute Gasteiger partial charge is 0.276 e. The lowest BCUT2D eigenvalue weighted by Crippen LogP contribution is -2.44. The monoisotopic (exact) mass is 380 g/mol. The first-order chi connectivity index (χ1) is 13.5. The molecule has 2 amide bonds. The predicted octanol–water partition coefficient (Wildman–Crippen LogP) is 1.01. The molecule has 8 nitrogen and oxygen atoms in total. The third-order valence-electron chi connectivity index (χ3n) is 4.15. The number of benzene rings is 2. The molecule has 28 heavy (non-hydrogen) atoms. The first-order valence-electron chi connectivity index (χ1n) is 8.66. The predicted molar refractivity (Wildman–Crippen MR) is 104 cm³/mol. The molecule has 0 aliphatic rings. The Hall–Kier alpha value is -3.68. The Balaban J connectivity index is 1.58. The molecule has 3 rings (SSSR count). The van der Waals surface area contributed by atoms with Gasteiger partial charge in [0.1, 0.15) is 5.75 Å². The number of carbonyl (C=O) groups is 2. The zero-order chi connectivity index (χ0) is 20.1. The number of hydrogen-bond donors (Lipinski definition) is 2. The van der Waals surface area contributed by atoms with Gasteiger partial charge in [-0.25, -0.2) is 4.68 Å². The maximum absolute atomic E-state index is 12.2. The molecule has 0 radical (unpaired) electrons. The van der Waals surface area contributed by atoms with Gasteiger partial charge >= 0.3 is 0 Å². The number of para-hydroxylation sites is 1. The largest absolute Gasteiger partial charge is 0.483 e. The molecule has 0 atom stereocenters. The fourth-order valence-corrected chi connectivity index (χ4v) is 2.74. The van der Waals surface area contributed by atoms with Gasteiger partial charge in [0.15, 0.2) is 6.61 Å². The SMILES string of the molecule is Cc1ccccc1OCC(=O)NNC(=O)Cc1nn(C)c(=O)c2ccccc12. The Morgan fingerprint density at radius 1 is 1.00 bits per heavy atom. The number of hydrazine groups is 1. The number of ether oxygens (including phenoxy) is 1. The van der Waals surface area contributed by atoms with Gasteiger partial charge in [0.2, 0.25) is 5.91 Å². The summed E-state index contributed by atoms with van der Waals surface area (Å²) in [7, 11) is 1.53. The number of amides is 2. The van der Waals surface area contributed by atoms with E-state index in [1.54, 1.807) is 30.3 Å². The minimum Gasteiger partial charge on any atom is -0.483 e. The molecular weight excluding hydrogens is 360 g/mol. The molecule has 1 aromatic heterocycles. The van der Waals surface area contributed by atoms with Crippen LogP contribution in [0, 0.1) is 6.92 Å². The van der Waals surface area contributed by atoms with Crippen LogP contribution in [0.5, 0.6) is 5.75 Å². The number of aromatic nitrogens is 2. The van der Waals surface area contributed by atoms with Gasteiger partial charge in [0.25, 0.3) is 11.5 Å². The van der Waals surface area contributed by atoms with Crippen molar-refractivity contribution in [1.82, 2.24) is 20.6 Å². The fourth-order valence-electron chi connectivity index (χ4n) is 2.74. The summed E-state index contributed by atoms with van der Waals surface area (Å²) in [6, 6.07) is 14.3. The number of hydrogen-bond acceptors (Lipinski definition) is 5. The molecule has 0 aliphatic heterocycles. The molecule has 2 N–H and O–H groups in total. The molecule has 0 unspecified atom stereocenters. The average Bonchev–Trinajstić information content (AvgIpc) is 2.69. The molecule has 0 spiro atoms. The Bertz CT molecular complexity index is 1090. The molecule has 144 valence electrons. The third kappa shape index (κ3) is 4.35. The van der Waals surface area contributed by atoms with E-state index in [9.17, 15) is 14.4 Å². The second-order valence-corrected chi connectivity index (χ2v) is 6.25. The highest BCUT2D eigenvalue weighted by Gasteiger charge is 2.13. The highest BCUT2D eigenvalue weighted by molar-refractivity contribution is 5.89. The zero-order valence-corrected chi connectivity index (χ0v) is 15.6. The molecule has 0 saturated carbocycles. The van der Waals surface area contributed by atoms with Crippen LogP contribution < -0.4 is 21.1 Å². The Morgan fingerprint density at radius 2 is 1.64 bits per heavy atom. The van der Waals surface area contributed by atoms with Crippen LogP contribution in [0.15, 0.2) is 53.3 Å². The lowest BCUT2D eigenvalue weighted by molar-refractivity contribution is -0.129. The van der Waals surface area contributed by atoms with Crippen molar-refractivity contribution in [3.63, 3.8) is 0 Å². The lowest BCUT2D eigenvalue weighted by atomic mass is 10.1. The van der Waals surface area contributed by atoms with E-state index in [1.165, 1.54) is 11.7 Å². The molecule has 0 fully saturated rings. The Labute approximate surface area is 161 Å². The van der Waals surface area contributed by atoms with Gasteiger partial charge in [-0.3, -0.25) is 25.2 Å². The summed E-state index contributed by atoms with van der Waals surface area (Å²) in [6.07, 6.45) is -0.0897. The maximum atomic E-state index is 12.2. The van der Waals surface area contributed by atoms with E-state index in [0.29, 0.717) is 22.2 Å². The van der Waals surface area contributed by atoms with Crippen molar-refractivity contribution in [2.75, 3.05) is 6.61 Å². The molecule has 2 aromatic carbocycles. The van der Waals surface area contributed by atoms with Gasteiger partial charge in [-0.15, -0.1) is 0 Å². The van der Waals surface area contributed by atoms with Gasteiger partial charge in [0, 0.05) is 12.4 Å². The highest BCUT2D eigenvalue weighted by Crippen LogP contribution is 2.15. The zero-order valence-electron chi connectivity index (χ0n) is 15.6. The van der Waals surface area contributed by atoms with Crippen molar-refractivity contribution in [3.8, 4) is 5.75 Å². The first-order valence-corrected chi connectivity index (χ1v) is 8.66. The number of fused-ring (bicyclic) bond motifs is 1. The number of rotatable bonds is 5. The van der Waals surface area contributed by atoms with Crippen molar-refractivity contribution < 1.29 is 14.3 Å². The number of nitrogens with one attached hydrogen (secondary N) is 2. The van der Waals surface area contributed by atoms with E-state index in [-0.39, 0.29) is 18.6 Å². The molecule has 0 bridgehead atoms. The topological polar surface area (TPSA) is 102 Å². The van der Waals surface area contributed by atoms with Crippen molar-refractivity contribution >= 4 is 22.6 Å². The van der Waals surface area contributed by atoms with Gasteiger partial charge < -0.3 is 4.74 Å². The van der Waals surface area contributed by atoms with Crippen molar-refractivity contribution in [2.45, 2.75) is 13.3 Å². The fraction of sp³-hybridized carbons (Fsp3) is 0.200. The molecular formula is C20H20N4O4. The standard InChI is InChI=1S/C20H20N4O4/c1-13-7-3-6-10-17(13)28-12-19(26)22-21-18(25)11-16-14-8-4-5-9-15(14)20(27)24(2)23-16/h3-10H,11-12H2,1-2H3,(H,21,25)(H,22,26). The van der Waals surface area contributed by atoms with Crippen molar-refractivity contribution in [3.05, 3.63) is 70.1 Å². The van der Waals surface area contributed by atoms with E-state index in [1.807, 2.05) is 25.1 Å². The Kier molecular flexibility index (Phi) is 5.69. The number of aryl methyl sites for hydroxylation is 2. The summed E-state index contributed by atoms with van der Waals surface area (Å²) >= 11 is 0. The minimum absolute atomic E-state index is 0.0897. The molecule has 0 aliphatic carbocycles. The van der Waals surface area contributed by atoms with Gasteiger partial charge in [0.05, 0.1) is 17.5 Å². The summed E-state index contributed by atoms with van der Waals surface area (Å²) in [5.74, 6) is -0.347. The summed E-state index contributed by atoms with van der Waals surface area (Å²) in [5.41, 5.74) is 5.76. The quantitative estimate of drug-likeness (QED) is 0.643. The summed E-state index contributed by atoms with van der Waals surface area (Å²) < 4.78 is 6.62. The average molecular weight is 380 g/mol. The molecule has 8 heteroatoms. The Morgan fingerprint density at radius 3 is 2.39 bits per heavy atom. The van der Waals surface area contributed by atoms with Crippen LogP contribution in [0.2, 0.25) is 0 Å². The second kappa shape index (κ2) is 8.34. The highest BCUT2D eigenvalue weighted by atomic mass is 16.5. The van der Waals surface area contributed by atoms with Crippen LogP contribution >= 0.6 is 0 Å². The van der Waals surface area contributed by atoms with Crippen LogP contribution in [0.1, 0.15) is 11.3 Å². The summed E-state index contributed by atoms with van der Waals surface area (Å²) in [5, 5.41) is 5.25. The number of carbonyl (C=O) groups excluding carboxylic acids is 2. The normalized spacial score (nSPS) is 10.5. The van der Waals surface area contributed by atoms with Crippen LogP contribution in [0.4, 0.5) is 0 Å². The third-order valence-corrected chi connectivity index (χ3v) is 4.15. The van der Waals surface area contributed by atoms with Crippen LogP contribution in [0.3, 0.4) is 0 Å².